The highest BCUT2D eigenvalue weighted by Crippen LogP contribution is 2.40. The average molecular weight is 352 g/mol. The van der Waals surface area contributed by atoms with Crippen molar-refractivity contribution in [1.29, 1.82) is 5.26 Å². The Hall–Kier alpha value is -3.47. The molecule has 1 aliphatic carbocycles. The minimum Gasteiger partial charge on any atom is -0.465 e. The molecular weight excluding hydrogens is 336 g/mol. The first-order valence-corrected chi connectivity index (χ1v) is 8.04. The Bertz CT molecular complexity index is 916. The van der Waals surface area contributed by atoms with Crippen LogP contribution in [0.3, 0.4) is 0 Å². The van der Waals surface area contributed by atoms with Gasteiger partial charge in [0.05, 0.1) is 46.8 Å². The fourth-order valence-electron chi connectivity index (χ4n) is 2.64. The van der Waals surface area contributed by atoms with E-state index in [1.54, 1.807) is 12.1 Å². The number of ether oxygens (including phenoxy) is 1. The Kier molecular flexibility index (Phi) is 4.80. The molecule has 8 nitrogen and oxygen atoms in total. The van der Waals surface area contributed by atoms with Crippen LogP contribution in [0.1, 0.15) is 46.1 Å². The maximum absolute atomic E-state index is 11.9. The number of benzene rings is 1. The Balaban J connectivity index is 1.80. The number of carbonyl (C=O) groups excluding carboxylic acids is 1. The van der Waals surface area contributed by atoms with Crippen LogP contribution in [-0.2, 0) is 11.3 Å². The molecule has 0 unspecified atom stereocenters. The number of non-ortho nitro benzene ring substituents is 1. The van der Waals surface area contributed by atoms with Gasteiger partial charge in [-0.2, -0.15) is 5.26 Å². The third-order valence-electron chi connectivity index (χ3n) is 4.15. The number of hydrogen-bond donors (Lipinski definition) is 1. The lowest BCUT2D eigenvalue weighted by Crippen LogP contribution is -2.10. The monoisotopic (exact) mass is 352 g/mol. The van der Waals surface area contributed by atoms with Crippen molar-refractivity contribution in [3.8, 4) is 6.07 Å². The molecule has 8 heteroatoms. The van der Waals surface area contributed by atoms with E-state index in [0.717, 1.165) is 18.5 Å². The number of methoxy groups -OCH3 is 1. The second kappa shape index (κ2) is 7.19. The fourth-order valence-corrected chi connectivity index (χ4v) is 2.64. The van der Waals surface area contributed by atoms with Crippen LogP contribution in [0, 0.1) is 21.4 Å². The molecule has 0 spiro atoms. The van der Waals surface area contributed by atoms with Crippen LogP contribution in [0.5, 0.6) is 0 Å². The van der Waals surface area contributed by atoms with Crippen molar-refractivity contribution in [3.63, 3.8) is 0 Å². The summed E-state index contributed by atoms with van der Waals surface area (Å²) >= 11 is 0. The predicted octanol–water partition coefficient (Wildman–Crippen LogP) is 3.14. The summed E-state index contributed by atoms with van der Waals surface area (Å²) in [7, 11) is 1.34. The molecule has 3 rings (SSSR count). The lowest BCUT2D eigenvalue weighted by molar-refractivity contribution is -0.384. The zero-order valence-corrected chi connectivity index (χ0v) is 14.1. The molecule has 0 amide bonds. The van der Waals surface area contributed by atoms with Gasteiger partial charge in [0, 0.05) is 18.1 Å². The molecule has 0 saturated heterocycles. The van der Waals surface area contributed by atoms with Gasteiger partial charge in [-0.3, -0.25) is 15.1 Å². The molecule has 1 heterocycles. The van der Waals surface area contributed by atoms with E-state index in [2.05, 4.69) is 10.3 Å². The van der Waals surface area contributed by atoms with E-state index in [0.29, 0.717) is 23.5 Å². The topological polar surface area (TPSA) is 118 Å². The maximum Gasteiger partial charge on any atom is 0.339 e. The number of pyridine rings is 1. The highest BCUT2D eigenvalue weighted by Gasteiger charge is 2.30. The third kappa shape index (κ3) is 3.62. The molecule has 0 radical (unpaired) electrons. The summed E-state index contributed by atoms with van der Waals surface area (Å²) in [4.78, 5) is 26.7. The van der Waals surface area contributed by atoms with Crippen LogP contribution >= 0.6 is 0 Å². The van der Waals surface area contributed by atoms with E-state index >= 15 is 0 Å². The van der Waals surface area contributed by atoms with Crippen LogP contribution in [0.2, 0.25) is 0 Å². The quantitative estimate of drug-likeness (QED) is 0.482. The van der Waals surface area contributed by atoms with E-state index in [-0.39, 0.29) is 17.2 Å². The number of aromatic nitrogens is 1. The number of nitriles is 1. The van der Waals surface area contributed by atoms with Gasteiger partial charge in [0.15, 0.2) is 0 Å². The standard InChI is InChI=1S/C18H16N4O4/c1-26-18(23)15-6-4-13(21-17(15)11-2-3-11)10-20-16-7-5-14(22(24)25)8-12(16)9-19/h4-8,11,20H,2-3,10H2,1H3. The number of nitrogens with one attached hydrogen (secondary N) is 1. The molecule has 2 aromatic rings. The van der Waals surface area contributed by atoms with Crippen molar-refractivity contribution in [3.05, 3.63) is 63.0 Å². The summed E-state index contributed by atoms with van der Waals surface area (Å²) in [6.45, 7) is 0.327. The average Bonchev–Trinajstić information content (AvgIpc) is 3.50. The van der Waals surface area contributed by atoms with E-state index in [1.807, 2.05) is 6.07 Å². The summed E-state index contributed by atoms with van der Waals surface area (Å²) in [6, 6.07) is 9.44. The van der Waals surface area contributed by atoms with Crippen LogP contribution in [0.25, 0.3) is 0 Å². The molecular formula is C18H16N4O4. The van der Waals surface area contributed by atoms with E-state index in [9.17, 15) is 20.2 Å². The van der Waals surface area contributed by atoms with E-state index in [4.69, 9.17) is 4.74 Å². The number of carbonyl (C=O) groups is 1. The zero-order valence-electron chi connectivity index (χ0n) is 14.1. The SMILES string of the molecule is COC(=O)c1ccc(CNc2ccc([N+](=O)[O-])cc2C#N)nc1C1CC1. The van der Waals surface area contributed by atoms with Crippen LogP contribution in [0.15, 0.2) is 30.3 Å². The van der Waals surface area contributed by atoms with Crippen LogP contribution < -0.4 is 5.32 Å². The van der Waals surface area contributed by atoms with Crippen LogP contribution in [0.4, 0.5) is 11.4 Å². The first-order chi connectivity index (χ1) is 12.5. The number of hydrogen-bond acceptors (Lipinski definition) is 7. The molecule has 0 aliphatic heterocycles. The Morgan fingerprint density at radius 2 is 2.19 bits per heavy atom. The Morgan fingerprint density at radius 3 is 2.81 bits per heavy atom. The summed E-state index contributed by atoms with van der Waals surface area (Å²) in [5.41, 5.74) is 2.47. The van der Waals surface area contributed by atoms with Gasteiger partial charge in [0.25, 0.3) is 5.69 Å². The summed E-state index contributed by atoms with van der Waals surface area (Å²) < 4.78 is 4.80. The molecule has 1 aliphatic rings. The van der Waals surface area contributed by atoms with Gasteiger partial charge in [0.1, 0.15) is 6.07 Å². The molecule has 132 valence electrons. The number of rotatable bonds is 6. The van der Waals surface area contributed by atoms with Crippen molar-refractivity contribution >= 4 is 17.3 Å². The van der Waals surface area contributed by atoms with Crippen molar-refractivity contribution < 1.29 is 14.5 Å². The minimum atomic E-state index is -0.542. The van der Waals surface area contributed by atoms with Crippen molar-refractivity contribution in [2.45, 2.75) is 25.3 Å². The van der Waals surface area contributed by atoms with Gasteiger partial charge in [-0.15, -0.1) is 0 Å². The lowest BCUT2D eigenvalue weighted by Gasteiger charge is -2.11. The van der Waals surface area contributed by atoms with Gasteiger partial charge >= 0.3 is 5.97 Å². The van der Waals surface area contributed by atoms with Crippen molar-refractivity contribution in [1.82, 2.24) is 4.98 Å². The highest BCUT2D eigenvalue weighted by molar-refractivity contribution is 5.90. The Morgan fingerprint density at radius 1 is 1.42 bits per heavy atom. The molecule has 1 N–H and O–H groups in total. The number of anilines is 1. The third-order valence-corrected chi connectivity index (χ3v) is 4.15. The first kappa shape index (κ1) is 17.4. The van der Waals surface area contributed by atoms with Crippen LogP contribution in [-0.4, -0.2) is 23.0 Å². The molecule has 1 saturated carbocycles. The molecule has 26 heavy (non-hydrogen) atoms. The number of nitro groups is 1. The van der Waals surface area contributed by atoms with Gasteiger partial charge in [-0.1, -0.05) is 0 Å². The van der Waals surface area contributed by atoms with E-state index in [1.165, 1.54) is 25.3 Å². The van der Waals surface area contributed by atoms with Crippen molar-refractivity contribution in [2.24, 2.45) is 0 Å². The second-order valence-electron chi connectivity index (χ2n) is 5.95. The zero-order chi connectivity index (χ0) is 18.7. The lowest BCUT2D eigenvalue weighted by atomic mass is 10.1. The first-order valence-electron chi connectivity index (χ1n) is 8.04. The van der Waals surface area contributed by atoms with Gasteiger partial charge in [0.2, 0.25) is 0 Å². The highest BCUT2D eigenvalue weighted by atomic mass is 16.6. The molecule has 1 aromatic heterocycles. The Labute approximate surface area is 149 Å². The van der Waals surface area contributed by atoms with Gasteiger partial charge < -0.3 is 10.1 Å². The molecule has 1 aromatic carbocycles. The normalized spacial score (nSPS) is 12.9. The molecule has 0 bridgehead atoms. The summed E-state index contributed by atoms with van der Waals surface area (Å²) in [6.07, 6.45) is 1.99. The number of nitrogens with zero attached hydrogens (tertiary/aromatic N) is 3. The number of esters is 1. The van der Waals surface area contributed by atoms with Gasteiger partial charge in [-0.05, 0) is 31.0 Å². The summed E-state index contributed by atoms with van der Waals surface area (Å²) in [5.74, 6) is -0.126. The van der Waals surface area contributed by atoms with E-state index < -0.39 is 10.9 Å². The smallest absolute Gasteiger partial charge is 0.339 e. The summed E-state index contributed by atoms with van der Waals surface area (Å²) in [5, 5.41) is 23.1. The van der Waals surface area contributed by atoms with Gasteiger partial charge in [-0.25, -0.2) is 4.79 Å². The van der Waals surface area contributed by atoms with Crippen molar-refractivity contribution in [2.75, 3.05) is 12.4 Å². The maximum atomic E-state index is 11.9. The minimum absolute atomic E-state index is 0.135. The predicted molar refractivity (Wildman–Crippen MR) is 92.7 cm³/mol. The largest absolute Gasteiger partial charge is 0.465 e. The fraction of sp³-hybridized carbons (Fsp3) is 0.278. The number of nitro benzene ring substituents is 1. The molecule has 0 atom stereocenters. The molecule has 1 fully saturated rings. The second-order valence-corrected chi connectivity index (χ2v) is 5.95.